The molecule has 0 saturated carbocycles. The van der Waals surface area contributed by atoms with Crippen LogP contribution in [0.5, 0.6) is 0 Å². The van der Waals surface area contributed by atoms with E-state index in [-0.39, 0.29) is 24.8 Å². The van der Waals surface area contributed by atoms with Gasteiger partial charge in [0.05, 0.1) is 25.4 Å². The highest BCUT2D eigenvalue weighted by atomic mass is 19.1. The minimum Gasteiger partial charge on any atom is -0.394 e. The van der Waals surface area contributed by atoms with Gasteiger partial charge in [-0.3, -0.25) is 4.79 Å². The molecular formula is C38H66FNO9. The van der Waals surface area contributed by atoms with Crippen molar-refractivity contribution >= 4 is 5.91 Å². The lowest BCUT2D eigenvalue weighted by Gasteiger charge is -2.40. The number of unbranched alkanes of at least 4 members (excludes halogenated alkanes) is 15. The molecule has 1 aromatic rings. The zero-order chi connectivity index (χ0) is 35.9. The summed E-state index contributed by atoms with van der Waals surface area (Å²) in [7, 11) is 0. The Hall–Kier alpha value is -1.70. The topological polar surface area (TPSA) is 169 Å². The smallest absolute Gasteiger partial charge is 0.220 e. The number of aryl methyl sites for hydroxylation is 1. The zero-order valence-electron chi connectivity index (χ0n) is 29.8. The number of carbonyl (C=O) groups excluding carboxylic acids is 1. The highest BCUT2D eigenvalue weighted by Crippen LogP contribution is 2.23. The van der Waals surface area contributed by atoms with Gasteiger partial charge in [-0.15, -0.1) is 0 Å². The Morgan fingerprint density at radius 1 is 0.796 bits per heavy atom. The van der Waals surface area contributed by atoms with Crippen molar-refractivity contribution in [2.24, 2.45) is 0 Å². The summed E-state index contributed by atoms with van der Waals surface area (Å²) in [5.41, 5.74) is 1.09. The monoisotopic (exact) mass is 699 g/mol. The molecule has 1 aliphatic heterocycles. The van der Waals surface area contributed by atoms with Crippen molar-refractivity contribution in [2.75, 3.05) is 13.2 Å². The third kappa shape index (κ3) is 17.9. The molecule has 11 heteroatoms. The average molecular weight is 700 g/mol. The van der Waals surface area contributed by atoms with Gasteiger partial charge in [0, 0.05) is 6.42 Å². The summed E-state index contributed by atoms with van der Waals surface area (Å²) in [5, 5.41) is 64.7. The fourth-order valence-electron chi connectivity index (χ4n) is 6.34. The predicted molar refractivity (Wildman–Crippen MR) is 187 cm³/mol. The number of amides is 1. The second-order valence-electron chi connectivity index (χ2n) is 13.8. The van der Waals surface area contributed by atoms with Gasteiger partial charge in [-0.05, 0) is 43.4 Å². The molecule has 0 bridgehead atoms. The van der Waals surface area contributed by atoms with Crippen molar-refractivity contribution in [3.05, 3.63) is 35.6 Å². The Balaban J connectivity index is 1.77. The number of aliphatic hydroxyl groups excluding tert-OH is 6. The van der Waals surface area contributed by atoms with Crippen LogP contribution in [0.3, 0.4) is 0 Å². The maximum atomic E-state index is 13.1. The Bertz CT molecular complexity index is 969. The van der Waals surface area contributed by atoms with E-state index < -0.39 is 55.6 Å². The molecule has 5 unspecified atom stereocenters. The average Bonchev–Trinajstić information content (AvgIpc) is 3.10. The quantitative estimate of drug-likeness (QED) is 0.0607. The number of hydrogen-bond donors (Lipinski definition) is 7. The SMILES string of the molecule is CCCCCCCCCCCCCC[C@@H](O)[C@@H](O)[C@H](COC1OC(CO)C(O)C(O)C1O)NC(=O)CCCCCCCc1ccc(F)cc1. The summed E-state index contributed by atoms with van der Waals surface area (Å²) in [5.74, 6) is -0.559. The molecule has 284 valence electrons. The van der Waals surface area contributed by atoms with Gasteiger partial charge < -0.3 is 45.4 Å². The van der Waals surface area contributed by atoms with E-state index in [0.29, 0.717) is 12.8 Å². The van der Waals surface area contributed by atoms with E-state index in [0.717, 1.165) is 63.4 Å². The Morgan fingerprint density at radius 2 is 1.35 bits per heavy atom. The molecule has 10 nitrogen and oxygen atoms in total. The molecule has 0 radical (unpaired) electrons. The van der Waals surface area contributed by atoms with Crippen LogP contribution in [0.2, 0.25) is 0 Å². The first-order valence-electron chi connectivity index (χ1n) is 19.0. The summed E-state index contributed by atoms with van der Waals surface area (Å²) >= 11 is 0. The van der Waals surface area contributed by atoms with Crippen molar-refractivity contribution in [1.82, 2.24) is 5.32 Å². The van der Waals surface area contributed by atoms with E-state index in [1.807, 2.05) is 0 Å². The molecule has 7 N–H and O–H groups in total. The highest BCUT2D eigenvalue weighted by molar-refractivity contribution is 5.76. The number of rotatable bonds is 28. The first-order chi connectivity index (χ1) is 23.7. The minimum absolute atomic E-state index is 0.218. The maximum absolute atomic E-state index is 13.1. The molecule has 1 saturated heterocycles. The summed E-state index contributed by atoms with van der Waals surface area (Å²) < 4.78 is 24.1. The van der Waals surface area contributed by atoms with Crippen LogP contribution in [0, 0.1) is 5.82 Å². The molecule has 0 aliphatic carbocycles. The lowest BCUT2D eigenvalue weighted by molar-refractivity contribution is -0.303. The van der Waals surface area contributed by atoms with Gasteiger partial charge in [0.2, 0.25) is 5.91 Å². The molecule has 49 heavy (non-hydrogen) atoms. The molecule has 1 heterocycles. The van der Waals surface area contributed by atoms with Crippen molar-refractivity contribution in [1.29, 1.82) is 0 Å². The summed E-state index contributed by atoms with van der Waals surface area (Å²) in [6, 6.07) is 5.49. The summed E-state index contributed by atoms with van der Waals surface area (Å²) in [6.07, 6.45) is 10.1. The predicted octanol–water partition coefficient (Wildman–Crippen LogP) is 4.82. The lowest BCUT2D eigenvalue weighted by atomic mass is 9.98. The van der Waals surface area contributed by atoms with Crippen molar-refractivity contribution < 1.29 is 49.3 Å². The molecular weight excluding hydrogens is 633 g/mol. The van der Waals surface area contributed by atoms with Gasteiger partial charge in [-0.2, -0.15) is 0 Å². The fourth-order valence-corrected chi connectivity index (χ4v) is 6.34. The van der Waals surface area contributed by atoms with Gasteiger partial charge in [-0.1, -0.05) is 115 Å². The summed E-state index contributed by atoms with van der Waals surface area (Å²) in [4.78, 5) is 12.9. The molecule has 2 rings (SSSR count). The van der Waals surface area contributed by atoms with Crippen LogP contribution < -0.4 is 5.32 Å². The van der Waals surface area contributed by atoms with E-state index in [1.54, 1.807) is 12.1 Å². The number of nitrogens with one attached hydrogen (secondary N) is 1. The molecule has 1 aliphatic rings. The van der Waals surface area contributed by atoms with Gasteiger partial charge >= 0.3 is 0 Å². The van der Waals surface area contributed by atoms with Crippen LogP contribution in [-0.2, 0) is 20.7 Å². The van der Waals surface area contributed by atoms with Gasteiger partial charge in [0.25, 0.3) is 0 Å². The van der Waals surface area contributed by atoms with Crippen molar-refractivity contribution in [2.45, 2.75) is 184 Å². The lowest BCUT2D eigenvalue weighted by Crippen LogP contribution is -2.60. The second kappa shape index (κ2) is 26.1. The van der Waals surface area contributed by atoms with Gasteiger partial charge in [0.15, 0.2) is 6.29 Å². The number of hydrogen-bond acceptors (Lipinski definition) is 9. The molecule has 8 atom stereocenters. The first kappa shape index (κ1) is 43.5. The fraction of sp³-hybridized carbons (Fsp3) is 0.816. The van der Waals surface area contributed by atoms with Gasteiger partial charge in [0.1, 0.15) is 36.3 Å². The molecule has 1 amide bonds. The van der Waals surface area contributed by atoms with E-state index in [2.05, 4.69) is 12.2 Å². The van der Waals surface area contributed by atoms with Crippen LogP contribution in [-0.4, -0.2) is 98.7 Å². The van der Waals surface area contributed by atoms with E-state index in [9.17, 15) is 39.8 Å². The van der Waals surface area contributed by atoms with Crippen LogP contribution in [0.15, 0.2) is 24.3 Å². The van der Waals surface area contributed by atoms with Gasteiger partial charge in [-0.25, -0.2) is 4.39 Å². The van der Waals surface area contributed by atoms with E-state index in [4.69, 9.17) is 9.47 Å². The Kier molecular flexibility index (Phi) is 23.2. The highest BCUT2D eigenvalue weighted by Gasteiger charge is 2.44. The van der Waals surface area contributed by atoms with E-state index in [1.165, 1.54) is 63.5 Å². The third-order valence-electron chi connectivity index (χ3n) is 9.58. The molecule has 0 aromatic heterocycles. The Labute approximate surface area is 293 Å². The standard InChI is InChI=1S/C38H66FNO9/c1-2-3-4-5-6-7-8-9-10-11-14-17-20-31(42)34(44)30(27-48-38-37(47)36(46)35(45)32(26-41)49-38)40-33(43)21-18-15-12-13-16-19-28-22-24-29(39)25-23-28/h22-25,30-32,34-38,41-42,44-47H,2-21,26-27H2,1H3,(H,40,43)/t30-,31+,32?,34-,35?,36?,37?,38?/m0/s1. The summed E-state index contributed by atoms with van der Waals surface area (Å²) in [6.45, 7) is 1.27. The van der Waals surface area contributed by atoms with Crippen LogP contribution in [0.25, 0.3) is 0 Å². The maximum Gasteiger partial charge on any atom is 0.220 e. The number of ether oxygens (including phenoxy) is 2. The molecule has 0 spiro atoms. The van der Waals surface area contributed by atoms with Crippen LogP contribution >= 0.6 is 0 Å². The number of carbonyl (C=O) groups is 1. The first-order valence-corrected chi connectivity index (χ1v) is 19.0. The third-order valence-corrected chi connectivity index (χ3v) is 9.58. The molecule has 1 aromatic carbocycles. The van der Waals surface area contributed by atoms with Crippen LogP contribution in [0.1, 0.15) is 134 Å². The van der Waals surface area contributed by atoms with E-state index >= 15 is 0 Å². The molecule has 1 fully saturated rings. The number of halogens is 1. The largest absolute Gasteiger partial charge is 0.394 e. The number of benzene rings is 1. The minimum atomic E-state index is -1.62. The normalized spacial score (nSPS) is 22.9. The van der Waals surface area contributed by atoms with Crippen molar-refractivity contribution in [3.8, 4) is 0 Å². The number of aliphatic hydroxyl groups is 6. The van der Waals surface area contributed by atoms with Crippen molar-refractivity contribution in [3.63, 3.8) is 0 Å². The second-order valence-corrected chi connectivity index (χ2v) is 13.8. The van der Waals surface area contributed by atoms with Crippen LogP contribution in [0.4, 0.5) is 4.39 Å². The Morgan fingerprint density at radius 3 is 1.94 bits per heavy atom. The zero-order valence-corrected chi connectivity index (χ0v) is 29.8.